The molecule has 10 heteroatoms. The Morgan fingerprint density at radius 3 is 2.73 bits per heavy atom. The molecule has 0 aromatic carbocycles. The Bertz CT molecular complexity index is 933. The van der Waals surface area contributed by atoms with E-state index in [1.165, 1.54) is 6.20 Å². The highest BCUT2D eigenvalue weighted by atomic mass is 19.3. The van der Waals surface area contributed by atoms with Gasteiger partial charge >= 0.3 is 0 Å². The number of fused-ring (bicyclic) bond motifs is 1. The maximum atomic E-state index is 13.1. The van der Waals surface area contributed by atoms with Crippen molar-refractivity contribution in [1.82, 2.24) is 19.8 Å². The Morgan fingerprint density at radius 2 is 2.07 bits per heavy atom. The highest BCUT2D eigenvalue weighted by Gasteiger charge is 2.46. The Hall–Kier alpha value is -3.01. The summed E-state index contributed by atoms with van der Waals surface area (Å²) in [5.41, 5.74) is 1.27. The number of aromatic nitrogens is 1. The number of carbonyl (C=O) groups excluding carboxylic acids is 1. The molecule has 4 aliphatic rings. The molecule has 0 unspecified atom stereocenters. The molecule has 1 aliphatic carbocycles. The fourth-order valence-corrected chi connectivity index (χ4v) is 3.68. The number of alkyl halides is 2. The second-order valence-electron chi connectivity index (χ2n) is 7.96. The Balaban J connectivity index is 1.37. The first-order chi connectivity index (χ1) is 14.4. The maximum absolute atomic E-state index is 13.1. The number of hydrazone groups is 1. The van der Waals surface area contributed by atoms with E-state index in [4.69, 9.17) is 4.74 Å². The molecule has 1 saturated carbocycles. The van der Waals surface area contributed by atoms with Gasteiger partial charge in [0.25, 0.3) is 11.8 Å². The Labute approximate surface area is 172 Å². The lowest BCUT2D eigenvalue weighted by atomic mass is 10.1. The third-order valence-electron chi connectivity index (χ3n) is 5.34. The topological polar surface area (TPSA) is 64.5 Å². The van der Waals surface area contributed by atoms with Gasteiger partial charge < -0.3 is 19.4 Å². The summed E-state index contributed by atoms with van der Waals surface area (Å²) in [6, 6.07) is 3.76. The average molecular weight is 416 g/mol. The van der Waals surface area contributed by atoms with E-state index in [1.807, 2.05) is 30.3 Å². The first kappa shape index (κ1) is 19.0. The van der Waals surface area contributed by atoms with Crippen molar-refractivity contribution in [3.8, 4) is 0 Å². The summed E-state index contributed by atoms with van der Waals surface area (Å²) in [5, 5.41) is 6.29. The van der Waals surface area contributed by atoms with Crippen LogP contribution in [0.4, 0.5) is 14.6 Å². The summed E-state index contributed by atoms with van der Waals surface area (Å²) in [6.07, 6.45) is 9.49. The summed E-state index contributed by atoms with van der Waals surface area (Å²) in [5.74, 6) is -1.70. The number of amidine groups is 1. The molecule has 0 radical (unpaired) electrons. The van der Waals surface area contributed by atoms with E-state index in [2.05, 4.69) is 15.0 Å². The van der Waals surface area contributed by atoms with Crippen molar-refractivity contribution in [2.24, 2.45) is 5.10 Å². The van der Waals surface area contributed by atoms with E-state index in [9.17, 15) is 13.6 Å². The van der Waals surface area contributed by atoms with Crippen LogP contribution in [0.5, 0.6) is 0 Å². The fraction of sp³-hybridized carbons (Fsp3) is 0.450. The largest absolute Gasteiger partial charge is 0.339 e. The third kappa shape index (κ3) is 3.62. The van der Waals surface area contributed by atoms with Gasteiger partial charge in [-0.2, -0.15) is 5.10 Å². The minimum absolute atomic E-state index is 0.316. The molecule has 1 aromatic heterocycles. The van der Waals surface area contributed by atoms with E-state index in [-0.39, 0.29) is 0 Å². The summed E-state index contributed by atoms with van der Waals surface area (Å²) in [7, 11) is 1.85. The predicted octanol–water partition coefficient (Wildman–Crippen LogP) is 2.05. The SMILES string of the molecule is CN1COCN2C=CC(N(c3ccc(C(=O)N4CC(F)(F)C4)cn3)C3CC3)=CC2=N1. The van der Waals surface area contributed by atoms with Crippen LogP contribution in [-0.4, -0.2) is 77.1 Å². The Morgan fingerprint density at radius 1 is 1.27 bits per heavy atom. The molecular formula is C20H22F2N6O2. The van der Waals surface area contributed by atoms with Gasteiger partial charge in [0.15, 0.2) is 5.84 Å². The molecule has 0 bridgehead atoms. The van der Waals surface area contributed by atoms with Crippen molar-refractivity contribution < 1.29 is 18.3 Å². The van der Waals surface area contributed by atoms with Crippen LogP contribution in [0.3, 0.4) is 0 Å². The molecule has 3 aliphatic heterocycles. The van der Waals surface area contributed by atoms with Crippen LogP contribution in [0.2, 0.25) is 0 Å². The maximum Gasteiger partial charge on any atom is 0.282 e. The van der Waals surface area contributed by atoms with Gasteiger partial charge in [-0.3, -0.25) is 9.80 Å². The van der Waals surface area contributed by atoms with Crippen molar-refractivity contribution in [3.63, 3.8) is 0 Å². The molecular weight excluding hydrogens is 394 g/mol. The molecule has 8 nitrogen and oxygen atoms in total. The van der Waals surface area contributed by atoms with Gasteiger partial charge in [0.05, 0.1) is 18.7 Å². The standard InChI is InChI=1S/C20H22F2N6O2/c1-25-12-30-13-26-7-6-16(8-18(26)24-25)28(15-3-4-15)17-5-2-14(9-23-17)19(29)27-10-20(21,22)11-27/h2,5-9,15H,3-4,10-13H2,1H3. The number of carbonyl (C=O) groups is 1. The fourth-order valence-electron chi connectivity index (χ4n) is 3.68. The lowest BCUT2D eigenvalue weighted by Gasteiger charge is -2.38. The predicted molar refractivity (Wildman–Crippen MR) is 106 cm³/mol. The first-order valence-corrected chi connectivity index (χ1v) is 9.86. The van der Waals surface area contributed by atoms with E-state index >= 15 is 0 Å². The van der Waals surface area contributed by atoms with Crippen LogP contribution in [0.15, 0.2) is 47.5 Å². The van der Waals surface area contributed by atoms with Gasteiger partial charge in [-0.1, -0.05) is 0 Å². The third-order valence-corrected chi connectivity index (χ3v) is 5.34. The number of likely N-dealkylation sites (tertiary alicyclic amines) is 1. The monoisotopic (exact) mass is 416 g/mol. The van der Waals surface area contributed by atoms with Crippen molar-refractivity contribution in [3.05, 3.63) is 47.9 Å². The summed E-state index contributed by atoms with van der Waals surface area (Å²) in [6.45, 7) is -0.215. The van der Waals surface area contributed by atoms with Gasteiger partial charge in [-0.25, -0.2) is 13.8 Å². The zero-order chi connectivity index (χ0) is 20.9. The molecule has 1 saturated heterocycles. The molecule has 1 aromatic rings. The van der Waals surface area contributed by atoms with E-state index in [1.54, 1.807) is 17.1 Å². The molecule has 0 N–H and O–H groups in total. The van der Waals surface area contributed by atoms with Gasteiger partial charge in [0.2, 0.25) is 0 Å². The summed E-state index contributed by atoms with van der Waals surface area (Å²) < 4.78 is 31.6. The number of ether oxygens (including phenoxy) is 1. The minimum atomic E-state index is -2.78. The molecule has 0 atom stereocenters. The molecule has 2 fully saturated rings. The van der Waals surface area contributed by atoms with Crippen LogP contribution < -0.4 is 4.90 Å². The highest BCUT2D eigenvalue weighted by molar-refractivity contribution is 5.96. The number of halogens is 2. The lowest BCUT2D eigenvalue weighted by Crippen LogP contribution is -2.58. The molecule has 0 spiro atoms. The zero-order valence-electron chi connectivity index (χ0n) is 16.5. The number of pyridine rings is 1. The van der Waals surface area contributed by atoms with Crippen molar-refractivity contribution >= 4 is 17.6 Å². The minimum Gasteiger partial charge on any atom is -0.339 e. The second-order valence-corrected chi connectivity index (χ2v) is 7.96. The molecule has 5 rings (SSSR count). The van der Waals surface area contributed by atoms with Crippen LogP contribution >= 0.6 is 0 Å². The molecule has 30 heavy (non-hydrogen) atoms. The van der Waals surface area contributed by atoms with Crippen LogP contribution in [0.1, 0.15) is 23.2 Å². The number of hydrogen-bond donors (Lipinski definition) is 0. The first-order valence-electron chi connectivity index (χ1n) is 9.86. The zero-order valence-corrected chi connectivity index (χ0v) is 16.5. The summed E-state index contributed by atoms with van der Waals surface area (Å²) >= 11 is 0. The van der Waals surface area contributed by atoms with Crippen molar-refractivity contribution in [2.75, 3.05) is 38.5 Å². The molecule has 158 valence electrons. The summed E-state index contributed by atoms with van der Waals surface area (Å²) in [4.78, 5) is 22.0. The number of nitrogens with zero attached hydrogens (tertiary/aromatic N) is 6. The number of rotatable bonds is 4. The quantitative estimate of drug-likeness (QED) is 0.749. The van der Waals surface area contributed by atoms with E-state index in [0.29, 0.717) is 30.9 Å². The lowest BCUT2D eigenvalue weighted by molar-refractivity contribution is -0.113. The van der Waals surface area contributed by atoms with Crippen molar-refractivity contribution in [1.29, 1.82) is 0 Å². The smallest absolute Gasteiger partial charge is 0.282 e. The number of anilines is 1. The van der Waals surface area contributed by atoms with Gasteiger partial charge in [0, 0.05) is 37.3 Å². The van der Waals surface area contributed by atoms with E-state index < -0.39 is 24.9 Å². The van der Waals surface area contributed by atoms with Gasteiger partial charge in [0.1, 0.15) is 19.3 Å². The normalized spacial score (nSPS) is 22.6. The number of hydrogen-bond acceptors (Lipinski definition) is 7. The highest BCUT2D eigenvalue weighted by Crippen LogP contribution is 2.35. The van der Waals surface area contributed by atoms with Crippen LogP contribution in [-0.2, 0) is 4.74 Å². The van der Waals surface area contributed by atoms with Crippen LogP contribution in [0.25, 0.3) is 0 Å². The second kappa shape index (κ2) is 7.05. The number of allylic oxidation sites excluding steroid dienone is 1. The van der Waals surface area contributed by atoms with Gasteiger partial charge in [-0.15, -0.1) is 0 Å². The average Bonchev–Trinajstić information content (AvgIpc) is 3.53. The number of amides is 1. The Kier molecular flexibility index (Phi) is 4.46. The molecule has 4 heterocycles. The van der Waals surface area contributed by atoms with E-state index in [0.717, 1.165) is 29.3 Å². The van der Waals surface area contributed by atoms with Gasteiger partial charge in [-0.05, 0) is 31.1 Å². The molecule has 1 amide bonds. The van der Waals surface area contributed by atoms with Crippen molar-refractivity contribution in [2.45, 2.75) is 24.8 Å². The van der Waals surface area contributed by atoms with Crippen LogP contribution in [0, 0.1) is 0 Å².